The van der Waals surface area contributed by atoms with E-state index >= 15 is 0 Å². The van der Waals surface area contributed by atoms with Crippen LogP contribution in [0.5, 0.6) is 0 Å². The molecule has 0 aliphatic carbocycles. The average molecular weight is 225 g/mol. The van der Waals surface area contributed by atoms with Gasteiger partial charge in [-0.3, -0.25) is 0 Å². The van der Waals surface area contributed by atoms with Gasteiger partial charge in [-0.2, -0.15) is 0 Å². The Balaban J connectivity index is 0.000000640. The van der Waals surface area contributed by atoms with Crippen molar-refractivity contribution in [1.82, 2.24) is 0 Å². The summed E-state index contributed by atoms with van der Waals surface area (Å²) in [4.78, 5) is 0. The summed E-state index contributed by atoms with van der Waals surface area (Å²) in [5.41, 5.74) is 1.33. The van der Waals surface area contributed by atoms with Gasteiger partial charge in [-0.15, -0.1) is 9.24 Å². The maximum Gasteiger partial charge on any atom is 0 e. The van der Waals surface area contributed by atoms with Crippen LogP contribution in [0, 0.1) is 6.92 Å². The fraction of sp³-hybridized carbons (Fsp3) is 0.143. The molecule has 0 bridgehead atoms. The van der Waals surface area contributed by atoms with E-state index in [4.69, 9.17) is 0 Å². The second kappa shape index (κ2) is 4.15. The van der Waals surface area contributed by atoms with Crippen molar-refractivity contribution < 1.29 is 19.5 Å². The Morgan fingerprint density at radius 3 is 2.11 bits per heavy atom. The summed E-state index contributed by atoms with van der Waals surface area (Å²) >= 11 is 0. The van der Waals surface area contributed by atoms with Crippen molar-refractivity contribution in [3.05, 3.63) is 29.8 Å². The molecular weight excluding hydrogens is 216 g/mol. The maximum atomic E-state index is 2.69. The van der Waals surface area contributed by atoms with E-state index in [1.54, 1.807) is 0 Å². The Morgan fingerprint density at radius 1 is 1.22 bits per heavy atom. The minimum absolute atomic E-state index is 0. The van der Waals surface area contributed by atoms with E-state index in [9.17, 15) is 0 Å². The average Bonchev–Trinajstić information content (AvgIpc) is 1.77. The van der Waals surface area contributed by atoms with Crippen LogP contribution >= 0.6 is 9.24 Å². The normalized spacial score (nSPS) is 8.22. The molecule has 1 aromatic rings. The molecule has 1 rings (SSSR count). The van der Waals surface area contributed by atoms with Crippen LogP contribution in [0.15, 0.2) is 24.3 Å². The molecule has 0 aliphatic rings. The van der Waals surface area contributed by atoms with Crippen molar-refractivity contribution in [2.45, 2.75) is 6.92 Å². The fourth-order valence-corrected chi connectivity index (χ4v) is 0.794. The molecular formula is C7H9PRu. The third-order valence-electron chi connectivity index (χ3n) is 1.19. The van der Waals surface area contributed by atoms with Gasteiger partial charge in [0.05, 0.1) is 0 Å². The molecule has 1 unspecified atom stereocenters. The molecule has 0 radical (unpaired) electrons. The molecule has 2 heteroatoms. The minimum Gasteiger partial charge on any atom is -0.105 e. The Kier molecular flexibility index (Phi) is 4.27. The first-order valence-corrected chi connectivity index (χ1v) is 3.19. The number of hydrogen-bond donors (Lipinski definition) is 0. The van der Waals surface area contributed by atoms with Crippen LogP contribution in [0.2, 0.25) is 0 Å². The molecule has 0 aliphatic heterocycles. The topological polar surface area (TPSA) is 0 Å². The first-order valence-electron chi connectivity index (χ1n) is 2.62. The van der Waals surface area contributed by atoms with Crippen LogP contribution in [-0.2, 0) is 19.5 Å². The zero-order chi connectivity index (χ0) is 5.98. The van der Waals surface area contributed by atoms with Gasteiger partial charge in [0.25, 0.3) is 0 Å². The van der Waals surface area contributed by atoms with Crippen molar-refractivity contribution in [1.29, 1.82) is 0 Å². The van der Waals surface area contributed by atoms with Crippen LogP contribution in [0.3, 0.4) is 0 Å². The molecule has 1 atom stereocenters. The zero-order valence-corrected chi connectivity index (χ0v) is 8.13. The van der Waals surface area contributed by atoms with E-state index in [2.05, 4.69) is 28.3 Å². The van der Waals surface area contributed by atoms with E-state index < -0.39 is 0 Å². The van der Waals surface area contributed by atoms with E-state index in [0.717, 1.165) is 0 Å². The first-order chi connectivity index (χ1) is 3.80. The number of rotatable bonds is 0. The van der Waals surface area contributed by atoms with Crippen molar-refractivity contribution in [3.8, 4) is 0 Å². The van der Waals surface area contributed by atoms with Crippen LogP contribution < -0.4 is 5.30 Å². The summed E-state index contributed by atoms with van der Waals surface area (Å²) in [5.74, 6) is 0. The Labute approximate surface area is 71.0 Å². The van der Waals surface area contributed by atoms with E-state index in [-0.39, 0.29) is 19.5 Å². The summed E-state index contributed by atoms with van der Waals surface area (Å²) in [6.45, 7) is 2.10. The molecule has 0 aromatic heterocycles. The van der Waals surface area contributed by atoms with Gasteiger partial charge in [0.1, 0.15) is 0 Å². The predicted octanol–water partition coefficient (Wildman–Crippen LogP) is 1.49. The molecule has 0 saturated carbocycles. The summed E-state index contributed by atoms with van der Waals surface area (Å²) < 4.78 is 0. The van der Waals surface area contributed by atoms with Crippen molar-refractivity contribution in [3.63, 3.8) is 0 Å². The standard InChI is InChI=1S/C7H9P.Ru/c1-6-4-2-3-5-7(6)8;/h2-5H,8H2,1H3;. The third-order valence-corrected chi connectivity index (χ3v) is 1.84. The third kappa shape index (κ3) is 2.56. The van der Waals surface area contributed by atoms with E-state index in [1.165, 1.54) is 10.9 Å². The molecule has 0 nitrogen and oxygen atoms in total. The smallest absolute Gasteiger partial charge is 0 e. The van der Waals surface area contributed by atoms with Crippen molar-refractivity contribution >= 4 is 14.5 Å². The monoisotopic (exact) mass is 226 g/mol. The molecule has 1 aromatic carbocycles. The van der Waals surface area contributed by atoms with Gasteiger partial charge in [0.15, 0.2) is 0 Å². The number of hydrogen-bond acceptors (Lipinski definition) is 0. The van der Waals surface area contributed by atoms with Crippen LogP contribution in [0.25, 0.3) is 0 Å². The van der Waals surface area contributed by atoms with Gasteiger partial charge in [-0.25, -0.2) is 0 Å². The van der Waals surface area contributed by atoms with Crippen LogP contribution in [-0.4, -0.2) is 0 Å². The molecule has 9 heavy (non-hydrogen) atoms. The zero-order valence-electron chi connectivity index (χ0n) is 5.24. The Bertz CT molecular complexity index is 165. The number of benzene rings is 1. The van der Waals surface area contributed by atoms with E-state index in [1.807, 2.05) is 12.1 Å². The molecule has 0 N–H and O–H groups in total. The van der Waals surface area contributed by atoms with Crippen LogP contribution in [0.4, 0.5) is 0 Å². The quantitative estimate of drug-likeness (QED) is 0.463. The molecule has 0 fully saturated rings. The van der Waals surface area contributed by atoms with Gasteiger partial charge in [-0.1, -0.05) is 24.3 Å². The van der Waals surface area contributed by atoms with Gasteiger partial charge in [0, 0.05) is 19.5 Å². The second-order valence-corrected chi connectivity index (χ2v) is 2.48. The molecule has 0 amide bonds. The maximum absolute atomic E-state index is 2.69. The minimum atomic E-state index is 0. The summed E-state index contributed by atoms with van der Waals surface area (Å²) in [6.07, 6.45) is 0. The van der Waals surface area contributed by atoms with Crippen molar-refractivity contribution in [2.24, 2.45) is 0 Å². The summed E-state index contributed by atoms with van der Waals surface area (Å²) in [5, 5.41) is 1.28. The largest absolute Gasteiger partial charge is 0.105 e. The molecule has 0 saturated heterocycles. The molecule has 0 spiro atoms. The first kappa shape index (κ1) is 9.27. The van der Waals surface area contributed by atoms with Gasteiger partial charge in [0.2, 0.25) is 0 Å². The van der Waals surface area contributed by atoms with Crippen molar-refractivity contribution in [2.75, 3.05) is 0 Å². The van der Waals surface area contributed by atoms with E-state index in [0.29, 0.717) is 0 Å². The Hall–Kier alpha value is 0.273. The van der Waals surface area contributed by atoms with Gasteiger partial charge < -0.3 is 0 Å². The fourth-order valence-electron chi connectivity index (χ4n) is 0.587. The number of aryl methyl sites for hydroxylation is 1. The second-order valence-electron chi connectivity index (χ2n) is 1.86. The molecule has 50 valence electrons. The SMILES string of the molecule is Cc1ccccc1P.[Ru]. The Morgan fingerprint density at radius 2 is 1.78 bits per heavy atom. The molecule has 0 heterocycles. The summed E-state index contributed by atoms with van der Waals surface area (Å²) in [6, 6.07) is 8.26. The van der Waals surface area contributed by atoms with Gasteiger partial charge >= 0.3 is 0 Å². The summed E-state index contributed by atoms with van der Waals surface area (Å²) in [7, 11) is 2.69. The predicted molar refractivity (Wildman–Crippen MR) is 40.5 cm³/mol. The van der Waals surface area contributed by atoms with Crippen LogP contribution in [0.1, 0.15) is 5.56 Å². The van der Waals surface area contributed by atoms with Gasteiger partial charge in [-0.05, 0) is 17.8 Å².